The third-order valence-corrected chi connectivity index (χ3v) is 3.46. The molecule has 5 heteroatoms. The van der Waals surface area contributed by atoms with Crippen LogP contribution in [0.4, 0.5) is 5.69 Å². The Balaban J connectivity index is 2.19. The molecule has 1 amide bonds. The zero-order chi connectivity index (χ0) is 13.1. The summed E-state index contributed by atoms with van der Waals surface area (Å²) in [7, 11) is 0. The van der Waals surface area contributed by atoms with Crippen LogP contribution in [0.15, 0.2) is 36.5 Å². The fourth-order valence-corrected chi connectivity index (χ4v) is 2.24. The minimum Gasteiger partial charge on any atom is -0.342 e. The number of aromatic nitrogens is 1. The minimum absolute atomic E-state index is 0.148. The van der Waals surface area contributed by atoms with E-state index >= 15 is 0 Å². The largest absolute Gasteiger partial charge is 0.342 e. The number of nitrogens with zero attached hydrogens (tertiary/aromatic N) is 1. The number of rotatable bonds is 3. The number of nitrogens with one attached hydrogen (secondary N) is 1. The van der Waals surface area contributed by atoms with Crippen LogP contribution in [0.5, 0.6) is 0 Å². The Bertz CT molecular complexity index is 563. The lowest BCUT2D eigenvalue weighted by Gasteiger charge is -2.07. The van der Waals surface area contributed by atoms with E-state index in [2.05, 4.69) is 27.9 Å². The topological polar surface area (TPSA) is 34.0 Å². The second-order valence-corrected chi connectivity index (χ2v) is 5.47. The van der Waals surface area contributed by atoms with Crippen molar-refractivity contribution in [3.05, 3.63) is 50.8 Å². The number of carbonyl (C=O) groups is 1. The van der Waals surface area contributed by atoms with E-state index in [1.165, 1.54) is 0 Å². The van der Waals surface area contributed by atoms with Gasteiger partial charge in [-0.2, -0.15) is 0 Å². The van der Waals surface area contributed by atoms with Crippen LogP contribution in [0.3, 0.4) is 0 Å². The Kier molecular flexibility index (Phi) is 4.29. The van der Waals surface area contributed by atoms with E-state index in [1.807, 2.05) is 35.8 Å². The molecule has 0 fully saturated rings. The van der Waals surface area contributed by atoms with E-state index in [-0.39, 0.29) is 5.91 Å². The van der Waals surface area contributed by atoms with E-state index in [4.69, 9.17) is 11.6 Å². The molecule has 0 aliphatic rings. The number of aryl methyl sites for hydroxylation is 1. The Morgan fingerprint density at radius 3 is 2.67 bits per heavy atom. The number of benzene rings is 1. The molecule has 2 aromatic rings. The first-order valence-corrected chi connectivity index (χ1v) is 6.98. The zero-order valence-corrected chi connectivity index (χ0v) is 12.7. The summed E-state index contributed by atoms with van der Waals surface area (Å²) in [6, 6.07) is 9.32. The van der Waals surface area contributed by atoms with Crippen molar-refractivity contribution in [3.63, 3.8) is 0 Å². The van der Waals surface area contributed by atoms with Crippen molar-refractivity contribution in [2.24, 2.45) is 0 Å². The molecular formula is C13H12ClIN2O. The standard InChI is InChI=1S/C13H12ClIN2O/c1-2-17-8-9(14)7-12(17)13(18)16-11-5-3-10(15)4-6-11/h3-8H,2H2,1H3,(H,16,18). The lowest BCUT2D eigenvalue weighted by molar-refractivity contribution is 0.101. The highest BCUT2D eigenvalue weighted by Gasteiger charge is 2.12. The molecule has 1 heterocycles. The average molecular weight is 375 g/mol. The average Bonchev–Trinajstić information content (AvgIpc) is 2.73. The lowest BCUT2D eigenvalue weighted by Crippen LogP contribution is -2.16. The van der Waals surface area contributed by atoms with Gasteiger partial charge in [0.05, 0.1) is 5.02 Å². The predicted octanol–water partition coefficient (Wildman–Crippen LogP) is 4.02. The van der Waals surface area contributed by atoms with Crippen molar-refractivity contribution >= 4 is 45.8 Å². The Morgan fingerprint density at radius 2 is 2.06 bits per heavy atom. The molecule has 0 aliphatic heterocycles. The monoisotopic (exact) mass is 374 g/mol. The third kappa shape index (κ3) is 3.05. The van der Waals surface area contributed by atoms with E-state index in [9.17, 15) is 4.79 Å². The highest BCUT2D eigenvalue weighted by molar-refractivity contribution is 14.1. The van der Waals surface area contributed by atoms with Gasteiger partial charge in [0.15, 0.2) is 0 Å². The van der Waals surface area contributed by atoms with Gasteiger partial charge in [0.25, 0.3) is 5.91 Å². The summed E-state index contributed by atoms with van der Waals surface area (Å²) in [5, 5.41) is 3.43. The molecule has 0 atom stereocenters. The maximum Gasteiger partial charge on any atom is 0.272 e. The van der Waals surface area contributed by atoms with Gasteiger partial charge in [0.2, 0.25) is 0 Å². The molecular weight excluding hydrogens is 363 g/mol. The van der Waals surface area contributed by atoms with Crippen molar-refractivity contribution in [3.8, 4) is 0 Å². The zero-order valence-electron chi connectivity index (χ0n) is 9.78. The summed E-state index contributed by atoms with van der Waals surface area (Å²) in [5.74, 6) is -0.148. The van der Waals surface area contributed by atoms with E-state index in [0.717, 1.165) is 9.26 Å². The van der Waals surface area contributed by atoms with Gasteiger partial charge in [-0.3, -0.25) is 4.79 Å². The van der Waals surface area contributed by atoms with Crippen molar-refractivity contribution in [2.45, 2.75) is 13.5 Å². The van der Waals surface area contributed by atoms with Gasteiger partial charge in [-0.1, -0.05) is 11.6 Å². The van der Waals surface area contributed by atoms with Crippen LogP contribution >= 0.6 is 34.2 Å². The third-order valence-electron chi connectivity index (χ3n) is 2.54. The first-order valence-electron chi connectivity index (χ1n) is 5.52. The van der Waals surface area contributed by atoms with Gasteiger partial charge in [-0.25, -0.2) is 0 Å². The van der Waals surface area contributed by atoms with Gasteiger partial charge < -0.3 is 9.88 Å². The van der Waals surface area contributed by atoms with Gasteiger partial charge in [0, 0.05) is 22.0 Å². The maximum absolute atomic E-state index is 12.1. The van der Waals surface area contributed by atoms with Crippen LogP contribution in [-0.2, 0) is 6.54 Å². The first-order chi connectivity index (χ1) is 8.60. The Hall–Kier alpha value is -1.01. The number of amides is 1. The Labute approximate surface area is 124 Å². The van der Waals surface area contributed by atoms with E-state index in [1.54, 1.807) is 12.3 Å². The second kappa shape index (κ2) is 5.75. The fourth-order valence-electron chi connectivity index (χ4n) is 1.66. The Morgan fingerprint density at radius 1 is 1.39 bits per heavy atom. The number of halogens is 2. The molecule has 1 aromatic carbocycles. The smallest absolute Gasteiger partial charge is 0.272 e. The molecule has 1 N–H and O–H groups in total. The van der Waals surface area contributed by atoms with Crippen LogP contribution in [0.1, 0.15) is 17.4 Å². The molecule has 0 bridgehead atoms. The number of hydrogen-bond donors (Lipinski definition) is 1. The summed E-state index contributed by atoms with van der Waals surface area (Å²) < 4.78 is 2.95. The molecule has 2 rings (SSSR count). The number of hydrogen-bond acceptors (Lipinski definition) is 1. The summed E-state index contributed by atoms with van der Waals surface area (Å²) in [5.41, 5.74) is 1.35. The molecule has 18 heavy (non-hydrogen) atoms. The summed E-state index contributed by atoms with van der Waals surface area (Å²) >= 11 is 8.13. The highest BCUT2D eigenvalue weighted by atomic mass is 127. The van der Waals surface area contributed by atoms with Crippen molar-refractivity contribution in [2.75, 3.05) is 5.32 Å². The molecule has 1 aromatic heterocycles. The normalized spacial score (nSPS) is 10.4. The number of anilines is 1. The molecule has 0 unspecified atom stereocenters. The number of carbonyl (C=O) groups excluding carboxylic acids is 1. The van der Waals surface area contributed by atoms with E-state index < -0.39 is 0 Å². The lowest BCUT2D eigenvalue weighted by atomic mass is 10.3. The molecule has 3 nitrogen and oxygen atoms in total. The minimum atomic E-state index is -0.148. The SMILES string of the molecule is CCn1cc(Cl)cc1C(=O)Nc1ccc(I)cc1. The van der Waals surface area contributed by atoms with Crippen LogP contribution in [0.25, 0.3) is 0 Å². The van der Waals surface area contributed by atoms with Crippen molar-refractivity contribution in [1.82, 2.24) is 4.57 Å². The highest BCUT2D eigenvalue weighted by Crippen LogP contribution is 2.17. The van der Waals surface area contributed by atoms with Crippen LogP contribution in [0.2, 0.25) is 5.02 Å². The predicted molar refractivity (Wildman–Crippen MR) is 82.2 cm³/mol. The molecule has 0 radical (unpaired) electrons. The van der Waals surface area contributed by atoms with Gasteiger partial charge in [-0.15, -0.1) is 0 Å². The van der Waals surface area contributed by atoms with Gasteiger partial charge >= 0.3 is 0 Å². The van der Waals surface area contributed by atoms with E-state index in [0.29, 0.717) is 17.3 Å². The fraction of sp³-hybridized carbons (Fsp3) is 0.154. The van der Waals surface area contributed by atoms with Crippen LogP contribution in [-0.4, -0.2) is 10.5 Å². The maximum atomic E-state index is 12.1. The quantitative estimate of drug-likeness (QED) is 0.809. The van der Waals surface area contributed by atoms with Gasteiger partial charge in [0.1, 0.15) is 5.69 Å². The second-order valence-electron chi connectivity index (χ2n) is 3.79. The first kappa shape index (κ1) is 13.4. The van der Waals surface area contributed by atoms with Gasteiger partial charge in [-0.05, 0) is 59.8 Å². The molecule has 0 spiro atoms. The molecule has 94 valence electrons. The molecule has 0 saturated carbocycles. The van der Waals surface area contributed by atoms with Crippen LogP contribution < -0.4 is 5.32 Å². The summed E-state index contributed by atoms with van der Waals surface area (Å²) in [4.78, 5) is 12.1. The molecule has 0 aliphatic carbocycles. The summed E-state index contributed by atoms with van der Waals surface area (Å²) in [6.07, 6.45) is 1.75. The van der Waals surface area contributed by atoms with Crippen LogP contribution in [0, 0.1) is 3.57 Å². The van der Waals surface area contributed by atoms with Crippen molar-refractivity contribution < 1.29 is 4.79 Å². The summed E-state index contributed by atoms with van der Waals surface area (Å²) in [6.45, 7) is 2.68. The molecule has 0 saturated heterocycles. The van der Waals surface area contributed by atoms with Crippen molar-refractivity contribution in [1.29, 1.82) is 0 Å².